The van der Waals surface area contributed by atoms with Crippen LogP contribution in [0.25, 0.3) is 11.3 Å². The Morgan fingerprint density at radius 2 is 1.91 bits per heavy atom. The topological polar surface area (TPSA) is 59.5 Å². The number of nitrogens with two attached hydrogens (primary N) is 1. The summed E-state index contributed by atoms with van der Waals surface area (Å²) in [5.74, 6) is 1.47. The first kappa shape index (κ1) is 16.1. The summed E-state index contributed by atoms with van der Waals surface area (Å²) in [5, 5.41) is 0. The highest BCUT2D eigenvalue weighted by Gasteiger charge is 2.27. The fraction of sp³-hybridized carbons (Fsp3) is 0.526. The number of hydrogen-bond donors (Lipinski definition) is 1. The number of aryl methyl sites for hydroxylation is 1. The summed E-state index contributed by atoms with van der Waals surface area (Å²) in [4.78, 5) is 14.6. The van der Waals surface area contributed by atoms with Crippen LogP contribution in [0.4, 0.5) is 5.88 Å². The van der Waals surface area contributed by atoms with Crippen LogP contribution in [0.1, 0.15) is 50.8 Å². The SMILES string of the molecule is Cc1cc([C@@H](C)N)c2oc(N3CCC(C)(C)CC3)ccc-2c1=O. The molecule has 2 aliphatic heterocycles. The van der Waals surface area contributed by atoms with Gasteiger partial charge in [0.15, 0.2) is 11.3 Å². The maximum Gasteiger partial charge on any atom is 0.196 e. The van der Waals surface area contributed by atoms with E-state index in [4.69, 9.17) is 10.2 Å². The smallest absolute Gasteiger partial charge is 0.196 e. The van der Waals surface area contributed by atoms with E-state index in [2.05, 4.69) is 18.7 Å². The van der Waals surface area contributed by atoms with Crippen molar-refractivity contribution in [3.05, 3.63) is 39.5 Å². The molecule has 2 N–H and O–H groups in total. The highest BCUT2D eigenvalue weighted by molar-refractivity contribution is 5.66. The van der Waals surface area contributed by atoms with Gasteiger partial charge in [-0.05, 0) is 55.9 Å². The van der Waals surface area contributed by atoms with Crippen molar-refractivity contribution in [2.75, 3.05) is 18.0 Å². The van der Waals surface area contributed by atoms with Gasteiger partial charge in [0, 0.05) is 24.7 Å². The van der Waals surface area contributed by atoms with Crippen molar-refractivity contribution in [1.82, 2.24) is 0 Å². The van der Waals surface area contributed by atoms with Crippen LogP contribution in [0.2, 0.25) is 0 Å². The van der Waals surface area contributed by atoms with E-state index >= 15 is 0 Å². The Morgan fingerprint density at radius 3 is 2.52 bits per heavy atom. The minimum absolute atomic E-state index is 0.0273. The Balaban J connectivity index is 2.05. The van der Waals surface area contributed by atoms with Crippen LogP contribution in [0.3, 0.4) is 0 Å². The highest BCUT2D eigenvalue weighted by atomic mass is 16.4. The molecule has 0 aromatic rings. The van der Waals surface area contributed by atoms with Crippen LogP contribution >= 0.6 is 0 Å². The Bertz CT molecular complexity index is 736. The molecule has 0 saturated carbocycles. The van der Waals surface area contributed by atoms with Gasteiger partial charge in [0.1, 0.15) is 5.76 Å². The van der Waals surface area contributed by atoms with E-state index in [1.54, 1.807) is 0 Å². The normalized spacial score (nSPS) is 19.1. The maximum atomic E-state index is 12.4. The number of fused-ring (bicyclic) bond motifs is 1. The predicted octanol–water partition coefficient (Wildman–Crippen LogP) is 3.70. The fourth-order valence-corrected chi connectivity index (χ4v) is 3.23. The van der Waals surface area contributed by atoms with Crippen molar-refractivity contribution >= 4 is 5.88 Å². The lowest BCUT2D eigenvalue weighted by atomic mass is 9.83. The maximum absolute atomic E-state index is 12.4. The van der Waals surface area contributed by atoms with Crippen molar-refractivity contribution in [1.29, 1.82) is 0 Å². The molecule has 1 saturated heterocycles. The molecule has 0 radical (unpaired) electrons. The summed E-state index contributed by atoms with van der Waals surface area (Å²) in [6.07, 6.45) is 2.28. The van der Waals surface area contributed by atoms with Crippen molar-refractivity contribution in [3.63, 3.8) is 0 Å². The fourth-order valence-electron chi connectivity index (χ4n) is 3.23. The zero-order valence-electron chi connectivity index (χ0n) is 14.5. The zero-order chi connectivity index (χ0) is 16.8. The molecule has 4 nitrogen and oxygen atoms in total. The van der Waals surface area contributed by atoms with E-state index in [0.29, 0.717) is 22.3 Å². The summed E-state index contributed by atoms with van der Waals surface area (Å²) in [6.45, 7) is 10.3. The Kier molecular flexibility index (Phi) is 3.96. The third kappa shape index (κ3) is 3.00. The molecule has 0 aromatic carbocycles. The predicted molar refractivity (Wildman–Crippen MR) is 94.2 cm³/mol. The summed E-state index contributed by atoms with van der Waals surface area (Å²) in [5.41, 5.74) is 8.75. The van der Waals surface area contributed by atoms with E-state index in [0.717, 1.165) is 37.4 Å². The van der Waals surface area contributed by atoms with E-state index in [9.17, 15) is 4.79 Å². The molecule has 1 fully saturated rings. The largest absolute Gasteiger partial charge is 0.440 e. The molecule has 0 bridgehead atoms. The first-order valence-electron chi connectivity index (χ1n) is 8.36. The second-order valence-electron chi connectivity index (χ2n) is 7.57. The quantitative estimate of drug-likeness (QED) is 0.918. The van der Waals surface area contributed by atoms with Crippen molar-refractivity contribution in [3.8, 4) is 11.3 Å². The van der Waals surface area contributed by atoms with E-state index in [1.165, 1.54) is 0 Å². The lowest BCUT2D eigenvalue weighted by molar-refractivity contribution is 0.274. The molecule has 0 unspecified atom stereocenters. The number of anilines is 1. The summed E-state index contributed by atoms with van der Waals surface area (Å²) in [7, 11) is 0. The Morgan fingerprint density at radius 1 is 1.26 bits per heavy atom. The zero-order valence-corrected chi connectivity index (χ0v) is 14.5. The van der Waals surface area contributed by atoms with Crippen LogP contribution in [-0.4, -0.2) is 13.1 Å². The summed E-state index contributed by atoms with van der Waals surface area (Å²) >= 11 is 0. The minimum Gasteiger partial charge on any atom is -0.440 e. The van der Waals surface area contributed by atoms with Gasteiger partial charge in [-0.1, -0.05) is 13.8 Å². The van der Waals surface area contributed by atoms with Gasteiger partial charge in [0.2, 0.25) is 0 Å². The number of hydrogen-bond acceptors (Lipinski definition) is 4. The molecule has 3 aliphatic rings. The number of benzene rings is 1. The molecule has 124 valence electrons. The molecule has 1 atom stereocenters. The Labute approximate surface area is 137 Å². The van der Waals surface area contributed by atoms with E-state index < -0.39 is 0 Å². The third-order valence-corrected chi connectivity index (χ3v) is 5.00. The van der Waals surface area contributed by atoms with Gasteiger partial charge < -0.3 is 15.1 Å². The van der Waals surface area contributed by atoms with Gasteiger partial charge in [-0.2, -0.15) is 0 Å². The first-order chi connectivity index (χ1) is 10.8. The van der Waals surface area contributed by atoms with Crippen LogP contribution in [0, 0.1) is 12.3 Å². The molecule has 1 aliphatic carbocycles. The summed E-state index contributed by atoms with van der Waals surface area (Å²) in [6, 6.07) is 5.50. The van der Waals surface area contributed by atoms with E-state index in [1.807, 2.05) is 32.0 Å². The molecular weight excluding hydrogens is 288 g/mol. The average molecular weight is 314 g/mol. The lowest BCUT2D eigenvalue weighted by Crippen LogP contribution is -2.37. The van der Waals surface area contributed by atoms with Gasteiger partial charge >= 0.3 is 0 Å². The number of rotatable bonds is 2. The average Bonchev–Trinajstić information content (AvgIpc) is 2.50. The summed E-state index contributed by atoms with van der Waals surface area (Å²) < 4.78 is 6.14. The molecule has 0 amide bonds. The van der Waals surface area contributed by atoms with Gasteiger partial charge in [-0.25, -0.2) is 0 Å². The second kappa shape index (κ2) is 5.68. The second-order valence-corrected chi connectivity index (χ2v) is 7.57. The first-order valence-corrected chi connectivity index (χ1v) is 8.36. The molecule has 4 heteroatoms. The van der Waals surface area contributed by atoms with Crippen molar-refractivity contribution in [2.45, 2.75) is 46.6 Å². The van der Waals surface area contributed by atoms with Crippen molar-refractivity contribution < 1.29 is 4.42 Å². The standard InChI is InChI=1S/C19H26N2O2/c1-12-11-15(13(2)20)18-14(17(12)22)5-6-16(23-18)21-9-7-19(3,4)8-10-21/h5-6,11,13H,7-10,20H2,1-4H3/t13-/m1/s1. The van der Waals surface area contributed by atoms with Crippen LogP contribution < -0.4 is 16.1 Å². The van der Waals surface area contributed by atoms with E-state index in [-0.39, 0.29) is 11.5 Å². The van der Waals surface area contributed by atoms with Gasteiger partial charge in [-0.15, -0.1) is 0 Å². The minimum atomic E-state index is -0.170. The number of piperidine rings is 1. The molecule has 0 spiro atoms. The van der Waals surface area contributed by atoms with Gasteiger partial charge in [-0.3, -0.25) is 4.79 Å². The molecule has 2 heterocycles. The third-order valence-electron chi connectivity index (χ3n) is 5.00. The van der Waals surface area contributed by atoms with Crippen LogP contribution in [0.15, 0.2) is 27.4 Å². The molecular formula is C19H26N2O2. The van der Waals surface area contributed by atoms with Gasteiger partial charge in [0.05, 0.1) is 5.56 Å². The molecule has 23 heavy (non-hydrogen) atoms. The van der Waals surface area contributed by atoms with Crippen LogP contribution in [0.5, 0.6) is 0 Å². The van der Waals surface area contributed by atoms with Crippen LogP contribution in [-0.2, 0) is 0 Å². The van der Waals surface area contributed by atoms with Crippen molar-refractivity contribution in [2.24, 2.45) is 11.1 Å². The highest BCUT2D eigenvalue weighted by Crippen LogP contribution is 2.35. The Hall–Kier alpha value is -1.81. The lowest BCUT2D eigenvalue weighted by Gasteiger charge is -2.37. The molecule has 0 aromatic heterocycles. The van der Waals surface area contributed by atoms with Gasteiger partial charge in [0.25, 0.3) is 0 Å². The molecule has 3 rings (SSSR count). The number of nitrogens with zero attached hydrogens (tertiary/aromatic N) is 1. The monoisotopic (exact) mass is 314 g/mol.